The molecule has 6 nitrogen and oxygen atoms in total. The minimum Gasteiger partial charge on any atom is -0.364 e. The number of aryl methyl sites for hydroxylation is 2. The van der Waals surface area contributed by atoms with Crippen LogP contribution < -0.4 is 11.1 Å². The van der Waals surface area contributed by atoms with Crippen molar-refractivity contribution >= 4 is 39.5 Å². The smallest absolute Gasteiger partial charge is 0.277 e. The lowest BCUT2D eigenvalue weighted by atomic mass is 10.4. The summed E-state index contributed by atoms with van der Waals surface area (Å²) in [4.78, 5) is 31.7. The molecule has 2 aromatic heterocycles. The van der Waals surface area contributed by atoms with Crippen molar-refractivity contribution in [3.63, 3.8) is 0 Å². The molecule has 0 spiro atoms. The molecule has 3 N–H and O–H groups in total. The molecule has 2 amide bonds. The summed E-state index contributed by atoms with van der Waals surface area (Å²) in [6.07, 6.45) is 2.21. The lowest BCUT2D eigenvalue weighted by Gasteiger charge is -1.99. The zero-order valence-electron chi connectivity index (χ0n) is 10.4. The van der Waals surface area contributed by atoms with Crippen LogP contribution in [-0.4, -0.2) is 21.8 Å². The first kappa shape index (κ1) is 13.6. The van der Waals surface area contributed by atoms with Gasteiger partial charge in [-0.1, -0.05) is 18.3 Å². The number of hydrogen-bond donors (Lipinski definition) is 2. The van der Waals surface area contributed by atoms with Crippen molar-refractivity contribution in [2.24, 2.45) is 5.73 Å². The Labute approximate surface area is 117 Å². The van der Waals surface area contributed by atoms with E-state index in [0.717, 1.165) is 22.8 Å². The molecule has 0 aliphatic heterocycles. The largest absolute Gasteiger partial charge is 0.364 e. The number of anilines is 1. The van der Waals surface area contributed by atoms with Gasteiger partial charge in [0.1, 0.15) is 9.88 Å². The fourth-order valence-electron chi connectivity index (χ4n) is 1.43. The summed E-state index contributed by atoms with van der Waals surface area (Å²) in [7, 11) is 0. The van der Waals surface area contributed by atoms with Crippen LogP contribution in [0.1, 0.15) is 37.1 Å². The van der Waals surface area contributed by atoms with Crippen molar-refractivity contribution in [1.29, 1.82) is 0 Å². The number of thiazole rings is 2. The zero-order chi connectivity index (χ0) is 14.0. The van der Waals surface area contributed by atoms with Gasteiger partial charge >= 0.3 is 0 Å². The Morgan fingerprint density at radius 2 is 2.16 bits per heavy atom. The van der Waals surface area contributed by atoms with Crippen LogP contribution in [0, 0.1) is 6.92 Å². The SMILES string of the molecule is CCc1nc(C)c(C(=O)Nc2cnc(C(N)=O)s2)s1. The second-order valence-electron chi connectivity index (χ2n) is 3.72. The number of rotatable bonds is 4. The van der Waals surface area contributed by atoms with Crippen molar-refractivity contribution in [1.82, 2.24) is 9.97 Å². The normalized spacial score (nSPS) is 10.4. The quantitative estimate of drug-likeness (QED) is 0.899. The molecule has 19 heavy (non-hydrogen) atoms. The summed E-state index contributed by atoms with van der Waals surface area (Å²) >= 11 is 2.42. The van der Waals surface area contributed by atoms with E-state index < -0.39 is 5.91 Å². The van der Waals surface area contributed by atoms with Crippen LogP contribution in [0.3, 0.4) is 0 Å². The maximum absolute atomic E-state index is 12.1. The zero-order valence-corrected chi connectivity index (χ0v) is 12.0. The Bertz CT molecular complexity index is 632. The average Bonchev–Trinajstić information content (AvgIpc) is 2.95. The van der Waals surface area contributed by atoms with Crippen molar-refractivity contribution in [2.75, 3.05) is 5.32 Å². The monoisotopic (exact) mass is 296 g/mol. The molecule has 0 bridgehead atoms. The highest BCUT2D eigenvalue weighted by Crippen LogP contribution is 2.23. The molecule has 0 unspecified atom stereocenters. The Kier molecular flexibility index (Phi) is 3.91. The third-order valence-corrected chi connectivity index (χ3v) is 4.53. The maximum Gasteiger partial charge on any atom is 0.277 e. The molecule has 0 aliphatic carbocycles. The van der Waals surface area contributed by atoms with Gasteiger partial charge in [0.05, 0.1) is 16.9 Å². The molecular formula is C11H12N4O2S2. The number of carbonyl (C=O) groups excluding carboxylic acids is 2. The summed E-state index contributed by atoms with van der Waals surface area (Å²) in [5.41, 5.74) is 5.81. The van der Waals surface area contributed by atoms with Gasteiger partial charge in [-0.25, -0.2) is 9.97 Å². The van der Waals surface area contributed by atoms with Gasteiger partial charge in [-0.05, 0) is 13.3 Å². The second kappa shape index (κ2) is 5.45. The first-order valence-electron chi connectivity index (χ1n) is 5.54. The van der Waals surface area contributed by atoms with Gasteiger partial charge in [0, 0.05) is 0 Å². The molecule has 0 saturated heterocycles. The third kappa shape index (κ3) is 2.96. The summed E-state index contributed by atoms with van der Waals surface area (Å²) in [6.45, 7) is 3.79. The number of hydrogen-bond acceptors (Lipinski definition) is 6. The van der Waals surface area contributed by atoms with Crippen molar-refractivity contribution in [3.05, 3.63) is 26.8 Å². The Hall–Kier alpha value is -1.80. The highest BCUT2D eigenvalue weighted by Gasteiger charge is 2.16. The van der Waals surface area contributed by atoms with Crippen LogP contribution in [-0.2, 0) is 6.42 Å². The molecule has 8 heteroatoms. The van der Waals surface area contributed by atoms with Gasteiger partial charge in [-0.3, -0.25) is 9.59 Å². The number of nitrogens with zero attached hydrogens (tertiary/aromatic N) is 2. The van der Waals surface area contributed by atoms with Gasteiger partial charge in [0.25, 0.3) is 11.8 Å². The summed E-state index contributed by atoms with van der Waals surface area (Å²) in [5, 5.41) is 4.27. The van der Waals surface area contributed by atoms with Crippen LogP contribution in [0.4, 0.5) is 5.00 Å². The molecule has 2 heterocycles. The van der Waals surface area contributed by atoms with E-state index in [4.69, 9.17) is 5.73 Å². The summed E-state index contributed by atoms with van der Waals surface area (Å²) < 4.78 is 0. The van der Waals surface area contributed by atoms with E-state index in [9.17, 15) is 9.59 Å². The Morgan fingerprint density at radius 3 is 2.68 bits per heavy atom. The number of primary amides is 1. The number of nitrogens with one attached hydrogen (secondary N) is 1. The molecule has 2 aromatic rings. The molecule has 100 valence electrons. The highest BCUT2D eigenvalue weighted by molar-refractivity contribution is 7.18. The molecule has 0 aromatic carbocycles. The predicted molar refractivity (Wildman–Crippen MR) is 74.8 cm³/mol. The molecule has 0 aliphatic rings. The first-order chi connectivity index (χ1) is 9.01. The van der Waals surface area contributed by atoms with Crippen molar-refractivity contribution < 1.29 is 9.59 Å². The second-order valence-corrected chi connectivity index (χ2v) is 5.84. The minimum atomic E-state index is -0.604. The van der Waals surface area contributed by atoms with Gasteiger partial charge in [0.15, 0.2) is 5.01 Å². The number of aromatic nitrogens is 2. The molecule has 0 atom stereocenters. The van der Waals surface area contributed by atoms with Crippen molar-refractivity contribution in [2.45, 2.75) is 20.3 Å². The average molecular weight is 296 g/mol. The van der Waals surface area contributed by atoms with Gasteiger partial charge in [0.2, 0.25) is 0 Å². The number of amides is 2. The van der Waals surface area contributed by atoms with Crippen LogP contribution in [0.15, 0.2) is 6.20 Å². The standard InChI is InChI=1S/C11H12N4O2S2/c1-3-6-14-5(2)8(18-6)10(17)15-7-4-13-11(19-7)9(12)16/h4H,3H2,1-2H3,(H2,12,16)(H,15,17). The van der Waals surface area contributed by atoms with Gasteiger partial charge in [-0.2, -0.15) is 0 Å². The maximum atomic E-state index is 12.1. The van der Waals surface area contributed by atoms with E-state index >= 15 is 0 Å². The Morgan fingerprint density at radius 1 is 1.42 bits per heavy atom. The Balaban J connectivity index is 2.15. The molecule has 0 saturated carbocycles. The van der Waals surface area contributed by atoms with E-state index in [-0.39, 0.29) is 10.9 Å². The minimum absolute atomic E-state index is 0.172. The fraction of sp³-hybridized carbons (Fsp3) is 0.273. The van der Waals surface area contributed by atoms with Gasteiger partial charge in [-0.15, -0.1) is 11.3 Å². The fourth-order valence-corrected chi connectivity index (χ4v) is 2.99. The van der Waals surface area contributed by atoms with Crippen molar-refractivity contribution in [3.8, 4) is 0 Å². The van der Waals surface area contributed by atoms with E-state index in [1.807, 2.05) is 6.92 Å². The lowest BCUT2D eigenvalue weighted by molar-refractivity contribution is 0.0997. The third-order valence-electron chi connectivity index (χ3n) is 2.30. The van der Waals surface area contributed by atoms with Crippen LogP contribution in [0.5, 0.6) is 0 Å². The van der Waals surface area contributed by atoms with E-state index in [1.165, 1.54) is 17.5 Å². The number of carbonyl (C=O) groups is 2. The van der Waals surface area contributed by atoms with Crippen LogP contribution >= 0.6 is 22.7 Å². The van der Waals surface area contributed by atoms with E-state index in [0.29, 0.717) is 15.6 Å². The molecular weight excluding hydrogens is 284 g/mol. The van der Waals surface area contributed by atoms with Crippen LogP contribution in [0.25, 0.3) is 0 Å². The van der Waals surface area contributed by atoms with Gasteiger partial charge < -0.3 is 11.1 Å². The molecule has 0 radical (unpaired) electrons. The summed E-state index contributed by atoms with van der Waals surface area (Å²) in [5.74, 6) is -0.845. The van der Waals surface area contributed by atoms with Crippen LogP contribution in [0.2, 0.25) is 0 Å². The predicted octanol–water partition coefficient (Wildman–Crippen LogP) is 1.82. The molecule has 0 fully saturated rings. The molecule has 2 rings (SSSR count). The van der Waals surface area contributed by atoms with E-state index in [2.05, 4.69) is 15.3 Å². The topological polar surface area (TPSA) is 98.0 Å². The highest BCUT2D eigenvalue weighted by atomic mass is 32.1. The van der Waals surface area contributed by atoms with E-state index in [1.54, 1.807) is 6.92 Å². The number of nitrogens with two attached hydrogens (primary N) is 1. The lowest BCUT2D eigenvalue weighted by Crippen LogP contribution is -2.10. The summed E-state index contributed by atoms with van der Waals surface area (Å²) in [6, 6.07) is 0. The first-order valence-corrected chi connectivity index (χ1v) is 7.17.